The SMILES string of the molecule is Cc1cc2c(N(C)C)c(C(=O)N[C@H]3CCOc4ccccc43)cnn2c1-c1cc(Cl)cc(Cl)c1Cl. The number of amides is 1. The molecule has 1 aliphatic rings. The number of halogens is 3. The maximum atomic E-state index is 13.5. The number of hydrogen-bond donors (Lipinski definition) is 1. The Balaban J connectivity index is 1.60. The number of benzene rings is 2. The van der Waals surface area contributed by atoms with Gasteiger partial charge >= 0.3 is 0 Å². The van der Waals surface area contributed by atoms with Gasteiger partial charge in [0.15, 0.2) is 0 Å². The minimum Gasteiger partial charge on any atom is -0.493 e. The molecule has 3 heterocycles. The van der Waals surface area contributed by atoms with E-state index in [0.717, 1.165) is 33.8 Å². The van der Waals surface area contributed by atoms with Gasteiger partial charge in [0, 0.05) is 36.7 Å². The molecule has 0 aliphatic carbocycles. The second-order valence-electron chi connectivity index (χ2n) is 8.72. The van der Waals surface area contributed by atoms with Gasteiger partial charge in [-0.15, -0.1) is 0 Å². The highest BCUT2D eigenvalue weighted by Crippen LogP contribution is 2.40. The number of hydrogen-bond acceptors (Lipinski definition) is 4. The number of carbonyl (C=O) groups excluding carboxylic acids is 1. The van der Waals surface area contributed by atoms with Gasteiger partial charge in [0.05, 0.1) is 51.4 Å². The van der Waals surface area contributed by atoms with E-state index in [9.17, 15) is 4.79 Å². The van der Waals surface area contributed by atoms with Crippen molar-refractivity contribution in [2.45, 2.75) is 19.4 Å². The van der Waals surface area contributed by atoms with Gasteiger partial charge in [0.1, 0.15) is 5.75 Å². The van der Waals surface area contributed by atoms with E-state index in [1.54, 1.807) is 22.8 Å². The van der Waals surface area contributed by atoms with Crippen molar-refractivity contribution in [2.75, 3.05) is 25.6 Å². The van der Waals surface area contributed by atoms with Gasteiger partial charge in [-0.3, -0.25) is 4.79 Å². The standard InChI is InChI=1S/C26H23Cl3N4O2/c1-14-10-21-25(32(2)3)18(26(34)31-20-8-9-35-22-7-5-4-6-16(20)22)13-30-33(21)24(14)17-11-15(27)12-19(28)23(17)29/h4-7,10-13,20H,8-9H2,1-3H3,(H,31,34)/t20-/m0/s1. The van der Waals surface area contributed by atoms with Crippen LogP contribution in [0.4, 0.5) is 5.69 Å². The van der Waals surface area contributed by atoms with Crippen molar-refractivity contribution in [1.82, 2.24) is 14.9 Å². The van der Waals surface area contributed by atoms with Crippen molar-refractivity contribution in [2.24, 2.45) is 0 Å². The lowest BCUT2D eigenvalue weighted by atomic mass is 10.00. The molecule has 0 unspecified atom stereocenters. The van der Waals surface area contributed by atoms with Crippen molar-refractivity contribution in [3.05, 3.63) is 80.4 Å². The molecule has 1 N–H and O–H groups in total. The molecule has 9 heteroatoms. The molecule has 0 saturated carbocycles. The average Bonchev–Trinajstić information content (AvgIpc) is 3.16. The number of ether oxygens (including phenoxy) is 1. The Morgan fingerprint density at radius 2 is 1.94 bits per heavy atom. The molecule has 0 bridgehead atoms. The first-order chi connectivity index (χ1) is 16.8. The maximum Gasteiger partial charge on any atom is 0.255 e. The van der Waals surface area contributed by atoms with Gasteiger partial charge in [-0.25, -0.2) is 4.52 Å². The predicted octanol–water partition coefficient (Wildman–Crippen LogP) is 6.59. The number of aromatic nitrogens is 2. The van der Waals surface area contributed by atoms with Gasteiger partial charge in [0.2, 0.25) is 0 Å². The highest BCUT2D eigenvalue weighted by atomic mass is 35.5. The van der Waals surface area contributed by atoms with E-state index in [-0.39, 0.29) is 11.9 Å². The molecule has 0 spiro atoms. The second kappa shape index (κ2) is 9.26. The monoisotopic (exact) mass is 528 g/mol. The van der Waals surface area contributed by atoms with Crippen molar-refractivity contribution in [3.8, 4) is 17.0 Å². The molecule has 1 amide bonds. The van der Waals surface area contributed by atoms with E-state index in [1.165, 1.54) is 0 Å². The number of fused-ring (bicyclic) bond motifs is 2. The molecule has 0 saturated heterocycles. The fraction of sp³-hybridized carbons (Fsp3) is 0.231. The Hall–Kier alpha value is -2.93. The first-order valence-electron chi connectivity index (χ1n) is 11.1. The zero-order valence-electron chi connectivity index (χ0n) is 19.4. The lowest BCUT2D eigenvalue weighted by molar-refractivity contribution is 0.0925. The van der Waals surface area contributed by atoms with E-state index in [1.807, 2.05) is 56.3 Å². The highest BCUT2D eigenvalue weighted by molar-refractivity contribution is 6.45. The smallest absolute Gasteiger partial charge is 0.255 e. The summed E-state index contributed by atoms with van der Waals surface area (Å²) in [5, 5.41) is 9.05. The molecule has 35 heavy (non-hydrogen) atoms. The van der Waals surface area contributed by atoms with Crippen LogP contribution in [-0.4, -0.2) is 36.2 Å². The lowest BCUT2D eigenvalue weighted by Gasteiger charge is -2.27. The van der Waals surface area contributed by atoms with Gasteiger partial charge in [-0.05, 0) is 36.8 Å². The number of nitrogens with zero attached hydrogens (tertiary/aromatic N) is 3. The van der Waals surface area contributed by atoms with E-state index in [2.05, 4.69) is 10.4 Å². The predicted molar refractivity (Wildman–Crippen MR) is 141 cm³/mol. The molecule has 1 aliphatic heterocycles. The van der Waals surface area contributed by atoms with Crippen molar-refractivity contribution in [1.29, 1.82) is 0 Å². The van der Waals surface area contributed by atoms with Crippen LogP contribution in [0.5, 0.6) is 5.75 Å². The van der Waals surface area contributed by atoms with E-state index >= 15 is 0 Å². The fourth-order valence-electron chi connectivity index (χ4n) is 4.64. The quantitative estimate of drug-likeness (QED) is 0.303. The summed E-state index contributed by atoms with van der Waals surface area (Å²) in [5.74, 6) is 0.601. The Morgan fingerprint density at radius 1 is 1.17 bits per heavy atom. The van der Waals surface area contributed by atoms with E-state index in [4.69, 9.17) is 39.5 Å². The molecule has 2 aromatic carbocycles. The Morgan fingerprint density at radius 3 is 2.71 bits per heavy atom. The third-order valence-corrected chi connectivity index (χ3v) is 7.19. The summed E-state index contributed by atoms with van der Waals surface area (Å²) in [7, 11) is 3.81. The summed E-state index contributed by atoms with van der Waals surface area (Å²) in [5.41, 5.74) is 5.34. The largest absolute Gasteiger partial charge is 0.493 e. The third kappa shape index (κ3) is 4.20. The van der Waals surface area contributed by atoms with Crippen LogP contribution in [-0.2, 0) is 0 Å². The first kappa shape index (κ1) is 23.8. The van der Waals surface area contributed by atoms with Gasteiger partial charge in [-0.2, -0.15) is 5.10 Å². The molecule has 0 fully saturated rings. The van der Waals surface area contributed by atoms with Crippen LogP contribution in [0.2, 0.25) is 15.1 Å². The summed E-state index contributed by atoms with van der Waals surface area (Å²) in [6, 6.07) is 13.0. The average molecular weight is 530 g/mol. The van der Waals surface area contributed by atoms with Crippen LogP contribution in [0.25, 0.3) is 16.8 Å². The van der Waals surface area contributed by atoms with Crippen molar-refractivity contribution in [3.63, 3.8) is 0 Å². The number of rotatable bonds is 4. The topological polar surface area (TPSA) is 58.9 Å². The summed E-state index contributed by atoms with van der Waals surface area (Å²) in [4.78, 5) is 15.4. The molecule has 5 rings (SSSR count). The molecule has 180 valence electrons. The molecule has 6 nitrogen and oxygen atoms in total. The highest BCUT2D eigenvalue weighted by Gasteiger charge is 2.27. The molecule has 0 radical (unpaired) electrons. The van der Waals surface area contributed by atoms with E-state index < -0.39 is 0 Å². The maximum absolute atomic E-state index is 13.5. The first-order valence-corrected chi connectivity index (χ1v) is 12.3. The number of aryl methyl sites for hydroxylation is 1. The minimum absolute atomic E-state index is 0.143. The van der Waals surface area contributed by atoms with Crippen LogP contribution < -0.4 is 15.0 Å². The molecule has 1 atom stereocenters. The van der Waals surface area contributed by atoms with Crippen molar-refractivity contribution >= 4 is 51.9 Å². The number of nitrogens with one attached hydrogen (secondary N) is 1. The third-order valence-electron chi connectivity index (χ3n) is 6.17. The van der Waals surface area contributed by atoms with Crippen molar-refractivity contribution < 1.29 is 9.53 Å². The zero-order chi connectivity index (χ0) is 24.9. The molecule has 4 aromatic rings. The number of para-hydroxylation sites is 1. The minimum atomic E-state index is -0.199. The summed E-state index contributed by atoms with van der Waals surface area (Å²) < 4.78 is 7.52. The molecule has 2 aromatic heterocycles. The normalized spacial score (nSPS) is 15.0. The number of carbonyl (C=O) groups is 1. The molecular formula is C26H23Cl3N4O2. The Kier molecular flexibility index (Phi) is 6.30. The Bertz CT molecular complexity index is 1470. The zero-order valence-corrected chi connectivity index (χ0v) is 21.7. The van der Waals surface area contributed by atoms with Gasteiger partial charge < -0.3 is 15.0 Å². The fourth-order valence-corrected chi connectivity index (χ4v) is 5.34. The summed E-state index contributed by atoms with van der Waals surface area (Å²) in [6.45, 7) is 2.51. The summed E-state index contributed by atoms with van der Waals surface area (Å²) in [6.07, 6.45) is 2.28. The van der Waals surface area contributed by atoms with Crippen LogP contribution in [0.1, 0.15) is 33.9 Å². The second-order valence-corrected chi connectivity index (χ2v) is 9.95. The van der Waals surface area contributed by atoms with Crippen LogP contribution in [0.3, 0.4) is 0 Å². The Labute approximate surface area is 218 Å². The number of anilines is 1. The van der Waals surface area contributed by atoms with Crippen LogP contribution in [0, 0.1) is 6.92 Å². The lowest BCUT2D eigenvalue weighted by Crippen LogP contribution is -2.33. The van der Waals surface area contributed by atoms with E-state index in [0.29, 0.717) is 39.2 Å². The summed E-state index contributed by atoms with van der Waals surface area (Å²) >= 11 is 19.1. The molecular weight excluding hydrogens is 507 g/mol. The van der Waals surface area contributed by atoms with Gasteiger partial charge in [0.25, 0.3) is 5.91 Å². The van der Waals surface area contributed by atoms with Gasteiger partial charge in [-0.1, -0.05) is 53.0 Å². The van der Waals surface area contributed by atoms with Crippen LogP contribution in [0.15, 0.2) is 48.7 Å². The van der Waals surface area contributed by atoms with Crippen LogP contribution >= 0.6 is 34.8 Å².